The van der Waals surface area contributed by atoms with Crippen molar-refractivity contribution in [1.82, 2.24) is 4.90 Å². The molecule has 0 aromatic rings. The zero-order valence-corrected chi connectivity index (χ0v) is 8.64. The Kier molecular flexibility index (Phi) is 1.95. The van der Waals surface area contributed by atoms with Gasteiger partial charge in [0.25, 0.3) is 0 Å². The topological polar surface area (TPSA) is 3.24 Å². The molecule has 2 aliphatic heterocycles. The summed E-state index contributed by atoms with van der Waals surface area (Å²) in [6.07, 6.45) is 5.88. The van der Waals surface area contributed by atoms with Crippen LogP contribution in [0.25, 0.3) is 0 Å². The van der Waals surface area contributed by atoms with Crippen molar-refractivity contribution in [3.05, 3.63) is 0 Å². The molecule has 1 nitrogen and oxygen atoms in total. The van der Waals surface area contributed by atoms with E-state index in [1.54, 1.807) is 0 Å². The van der Waals surface area contributed by atoms with Crippen LogP contribution in [0.4, 0.5) is 0 Å². The molecular formula is C11H21N. The zero-order valence-electron chi connectivity index (χ0n) is 8.64. The zero-order chi connectivity index (χ0) is 8.77. The highest BCUT2D eigenvalue weighted by atomic mass is 15.2. The third-order valence-electron chi connectivity index (χ3n) is 4.34. The average Bonchev–Trinajstić information content (AvgIpc) is 2.05. The first-order valence-corrected chi connectivity index (χ1v) is 5.36. The Balaban J connectivity index is 2.20. The molecule has 0 radical (unpaired) electrons. The Bertz CT molecular complexity index is 166. The monoisotopic (exact) mass is 167 g/mol. The third kappa shape index (κ3) is 1.02. The molecule has 0 N–H and O–H groups in total. The molecular weight excluding hydrogens is 146 g/mol. The van der Waals surface area contributed by atoms with Gasteiger partial charge in [0.05, 0.1) is 0 Å². The van der Waals surface area contributed by atoms with Crippen LogP contribution in [0, 0.1) is 11.8 Å². The number of rotatable bonds is 1. The van der Waals surface area contributed by atoms with Crippen molar-refractivity contribution in [2.75, 3.05) is 13.6 Å². The highest BCUT2D eigenvalue weighted by Gasteiger charge is 2.45. The lowest BCUT2D eigenvalue weighted by Gasteiger charge is -2.55. The normalized spacial score (nSPS) is 42.5. The quantitative estimate of drug-likeness (QED) is 0.580. The van der Waals surface area contributed by atoms with Crippen molar-refractivity contribution < 1.29 is 0 Å². The minimum atomic E-state index is 0.578. The molecule has 3 aliphatic rings. The second-order valence-corrected chi connectivity index (χ2v) is 5.08. The summed E-state index contributed by atoms with van der Waals surface area (Å²) in [6.45, 7) is 6.14. The second-order valence-electron chi connectivity index (χ2n) is 5.08. The number of hydrogen-bond donors (Lipinski definition) is 0. The SMILES string of the molecule is CC(C)C12CCC(CC1)CN2C. The van der Waals surface area contributed by atoms with Gasteiger partial charge in [-0.15, -0.1) is 0 Å². The van der Waals surface area contributed by atoms with Gasteiger partial charge >= 0.3 is 0 Å². The number of hydrogen-bond acceptors (Lipinski definition) is 1. The number of fused-ring (bicyclic) bond motifs is 3. The Morgan fingerprint density at radius 3 is 2.17 bits per heavy atom. The summed E-state index contributed by atoms with van der Waals surface area (Å²) in [6, 6.07) is 0. The lowest BCUT2D eigenvalue weighted by atomic mass is 9.66. The van der Waals surface area contributed by atoms with Crippen LogP contribution < -0.4 is 0 Å². The van der Waals surface area contributed by atoms with E-state index in [-0.39, 0.29) is 0 Å². The van der Waals surface area contributed by atoms with Gasteiger partial charge in [-0.2, -0.15) is 0 Å². The number of piperidine rings is 2. The van der Waals surface area contributed by atoms with E-state index in [1.165, 1.54) is 32.2 Å². The average molecular weight is 167 g/mol. The maximum atomic E-state index is 2.63. The predicted octanol–water partition coefficient (Wildman–Crippen LogP) is 2.52. The van der Waals surface area contributed by atoms with Crippen LogP contribution in [0.2, 0.25) is 0 Å². The Hall–Kier alpha value is -0.0400. The van der Waals surface area contributed by atoms with E-state index in [0.29, 0.717) is 5.54 Å². The molecule has 0 aromatic carbocycles. The van der Waals surface area contributed by atoms with Gasteiger partial charge in [-0.25, -0.2) is 0 Å². The molecule has 2 saturated heterocycles. The first-order chi connectivity index (χ1) is 5.65. The minimum Gasteiger partial charge on any atom is -0.300 e. The van der Waals surface area contributed by atoms with E-state index in [0.717, 1.165) is 11.8 Å². The summed E-state index contributed by atoms with van der Waals surface area (Å²) >= 11 is 0. The summed E-state index contributed by atoms with van der Waals surface area (Å²) in [7, 11) is 2.32. The Morgan fingerprint density at radius 2 is 1.83 bits per heavy atom. The van der Waals surface area contributed by atoms with Crippen LogP contribution in [0.1, 0.15) is 39.5 Å². The molecule has 3 fully saturated rings. The van der Waals surface area contributed by atoms with Crippen LogP contribution in [0.5, 0.6) is 0 Å². The van der Waals surface area contributed by atoms with Gasteiger partial charge in [0.2, 0.25) is 0 Å². The lowest BCUT2D eigenvalue weighted by molar-refractivity contribution is -0.0462. The highest BCUT2D eigenvalue weighted by molar-refractivity contribution is 5.01. The summed E-state index contributed by atoms with van der Waals surface area (Å²) in [5, 5.41) is 0. The molecule has 2 heterocycles. The second kappa shape index (κ2) is 2.73. The molecule has 0 atom stereocenters. The van der Waals surface area contributed by atoms with Crippen molar-refractivity contribution in [2.45, 2.75) is 45.1 Å². The van der Waals surface area contributed by atoms with E-state index in [9.17, 15) is 0 Å². The molecule has 2 bridgehead atoms. The van der Waals surface area contributed by atoms with E-state index >= 15 is 0 Å². The molecule has 0 unspecified atom stereocenters. The van der Waals surface area contributed by atoms with Gasteiger partial charge in [-0.3, -0.25) is 0 Å². The van der Waals surface area contributed by atoms with Gasteiger partial charge in [-0.05, 0) is 44.6 Å². The lowest BCUT2D eigenvalue weighted by Crippen LogP contribution is -2.59. The van der Waals surface area contributed by atoms with Crippen molar-refractivity contribution in [1.29, 1.82) is 0 Å². The minimum absolute atomic E-state index is 0.578. The van der Waals surface area contributed by atoms with E-state index < -0.39 is 0 Å². The molecule has 0 amide bonds. The molecule has 1 aliphatic carbocycles. The smallest absolute Gasteiger partial charge is 0.0229 e. The highest BCUT2D eigenvalue weighted by Crippen LogP contribution is 2.46. The standard InChI is InChI=1S/C11H21N/c1-9(2)11-6-4-10(5-7-11)8-12(11)3/h9-10H,4-8H2,1-3H3. The molecule has 70 valence electrons. The van der Waals surface area contributed by atoms with Crippen LogP contribution in [0.15, 0.2) is 0 Å². The van der Waals surface area contributed by atoms with Gasteiger partial charge < -0.3 is 4.90 Å². The first-order valence-electron chi connectivity index (χ1n) is 5.36. The molecule has 0 aromatic heterocycles. The molecule has 1 heteroatoms. The summed E-state index contributed by atoms with van der Waals surface area (Å²) in [5.74, 6) is 1.86. The summed E-state index contributed by atoms with van der Waals surface area (Å²) in [4.78, 5) is 2.63. The predicted molar refractivity (Wildman–Crippen MR) is 52.2 cm³/mol. The molecule has 12 heavy (non-hydrogen) atoms. The van der Waals surface area contributed by atoms with Crippen molar-refractivity contribution in [2.24, 2.45) is 11.8 Å². The van der Waals surface area contributed by atoms with Crippen LogP contribution >= 0.6 is 0 Å². The fourth-order valence-corrected chi connectivity index (χ4v) is 3.33. The number of nitrogens with zero attached hydrogens (tertiary/aromatic N) is 1. The van der Waals surface area contributed by atoms with Crippen LogP contribution in [-0.4, -0.2) is 24.0 Å². The van der Waals surface area contributed by atoms with E-state index in [1.807, 2.05) is 0 Å². The van der Waals surface area contributed by atoms with Gasteiger partial charge in [-0.1, -0.05) is 13.8 Å². The van der Waals surface area contributed by atoms with Crippen molar-refractivity contribution in [3.63, 3.8) is 0 Å². The van der Waals surface area contributed by atoms with Gasteiger partial charge in [0.15, 0.2) is 0 Å². The third-order valence-corrected chi connectivity index (χ3v) is 4.34. The maximum Gasteiger partial charge on any atom is 0.0229 e. The maximum absolute atomic E-state index is 2.63. The molecule has 0 spiro atoms. The van der Waals surface area contributed by atoms with E-state index in [2.05, 4.69) is 25.8 Å². The van der Waals surface area contributed by atoms with Crippen molar-refractivity contribution in [3.8, 4) is 0 Å². The summed E-state index contributed by atoms with van der Waals surface area (Å²) < 4.78 is 0. The van der Waals surface area contributed by atoms with Crippen molar-refractivity contribution >= 4 is 0 Å². The van der Waals surface area contributed by atoms with Crippen LogP contribution in [-0.2, 0) is 0 Å². The van der Waals surface area contributed by atoms with E-state index in [4.69, 9.17) is 0 Å². The largest absolute Gasteiger partial charge is 0.300 e. The fourth-order valence-electron chi connectivity index (χ4n) is 3.33. The van der Waals surface area contributed by atoms with Gasteiger partial charge in [0.1, 0.15) is 0 Å². The fraction of sp³-hybridized carbons (Fsp3) is 1.00. The molecule has 3 rings (SSSR count). The Labute approximate surface area is 76.1 Å². The van der Waals surface area contributed by atoms with Gasteiger partial charge in [0, 0.05) is 12.1 Å². The Morgan fingerprint density at radius 1 is 1.25 bits per heavy atom. The summed E-state index contributed by atoms with van der Waals surface area (Å²) in [5.41, 5.74) is 0.578. The molecule has 1 saturated carbocycles. The van der Waals surface area contributed by atoms with Crippen LogP contribution in [0.3, 0.4) is 0 Å². The first kappa shape index (κ1) is 8.55.